The summed E-state index contributed by atoms with van der Waals surface area (Å²) in [4.78, 5) is 16.8. The molecule has 3 rings (SSSR count). The molecular formula is C22H29N3O. The maximum atomic E-state index is 12.5. The smallest absolute Gasteiger partial charge is 0.321 e. The van der Waals surface area contributed by atoms with Gasteiger partial charge in [-0.2, -0.15) is 0 Å². The van der Waals surface area contributed by atoms with Crippen LogP contribution in [0.1, 0.15) is 37.8 Å². The van der Waals surface area contributed by atoms with Gasteiger partial charge in [0.05, 0.1) is 0 Å². The van der Waals surface area contributed by atoms with Crippen molar-refractivity contribution in [2.24, 2.45) is 0 Å². The second-order valence-electron chi connectivity index (χ2n) is 7.17. The quantitative estimate of drug-likeness (QED) is 0.864. The van der Waals surface area contributed by atoms with E-state index in [1.54, 1.807) is 0 Å². The number of carbonyl (C=O) groups is 1. The highest BCUT2D eigenvalue weighted by molar-refractivity contribution is 5.89. The molecule has 2 aromatic carbocycles. The molecule has 0 atom stereocenters. The van der Waals surface area contributed by atoms with E-state index in [0.29, 0.717) is 5.92 Å². The second kappa shape index (κ2) is 8.26. The molecule has 4 nitrogen and oxygen atoms in total. The van der Waals surface area contributed by atoms with Crippen molar-refractivity contribution in [2.75, 3.05) is 36.4 Å². The van der Waals surface area contributed by atoms with Gasteiger partial charge in [-0.15, -0.1) is 0 Å². The Balaban J connectivity index is 1.58. The van der Waals surface area contributed by atoms with Gasteiger partial charge in [-0.1, -0.05) is 51.1 Å². The van der Waals surface area contributed by atoms with Crippen molar-refractivity contribution in [1.82, 2.24) is 4.90 Å². The average Bonchev–Trinajstić information content (AvgIpc) is 2.68. The first-order valence-electron chi connectivity index (χ1n) is 9.57. The first-order valence-corrected chi connectivity index (χ1v) is 9.57. The van der Waals surface area contributed by atoms with Gasteiger partial charge in [-0.25, -0.2) is 4.79 Å². The van der Waals surface area contributed by atoms with Crippen molar-refractivity contribution < 1.29 is 4.79 Å². The standard InChI is InChI=1S/C22H29N3O/c1-4-18-9-11-19(12-10-18)23-22(26)25-15-13-24(14-16-25)21-8-6-5-7-20(21)17(2)3/h5-12,17H,4,13-16H2,1-3H3,(H,23,26). The summed E-state index contributed by atoms with van der Waals surface area (Å²) in [5.74, 6) is 0.499. The Hall–Kier alpha value is -2.49. The van der Waals surface area contributed by atoms with Gasteiger partial charge in [-0.05, 0) is 41.7 Å². The monoisotopic (exact) mass is 351 g/mol. The molecule has 0 spiro atoms. The molecule has 138 valence electrons. The van der Waals surface area contributed by atoms with Gasteiger partial charge in [0.15, 0.2) is 0 Å². The van der Waals surface area contributed by atoms with Crippen molar-refractivity contribution in [1.29, 1.82) is 0 Å². The van der Waals surface area contributed by atoms with Crippen LogP contribution >= 0.6 is 0 Å². The van der Waals surface area contributed by atoms with E-state index in [0.717, 1.165) is 38.3 Å². The Kier molecular flexibility index (Phi) is 5.82. The van der Waals surface area contributed by atoms with Gasteiger partial charge in [0, 0.05) is 37.6 Å². The van der Waals surface area contributed by atoms with Crippen molar-refractivity contribution in [3.8, 4) is 0 Å². The maximum absolute atomic E-state index is 12.5. The largest absolute Gasteiger partial charge is 0.368 e. The molecule has 1 heterocycles. The topological polar surface area (TPSA) is 35.6 Å². The minimum Gasteiger partial charge on any atom is -0.368 e. The second-order valence-corrected chi connectivity index (χ2v) is 7.17. The molecule has 26 heavy (non-hydrogen) atoms. The molecule has 1 aliphatic heterocycles. The Bertz CT molecular complexity index is 731. The van der Waals surface area contributed by atoms with Gasteiger partial charge in [-0.3, -0.25) is 0 Å². The third kappa shape index (κ3) is 4.18. The number of nitrogens with zero attached hydrogens (tertiary/aromatic N) is 2. The molecule has 1 aliphatic rings. The lowest BCUT2D eigenvalue weighted by molar-refractivity contribution is 0.208. The number of urea groups is 1. The normalized spacial score (nSPS) is 14.6. The predicted molar refractivity (Wildman–Crippen MR) is 109 cm³/mol. The number of piperazine rings is 1. The van der Waals surface area contributed by atoms with Crippen molar-refractivity contribution in [3.63, 3.8) is 0 Å². The van der Waals surface area contributed by atoms with E-state index in [9.17, 15) is 4.79 Å². The van der Waals surface area contributed by atoms with E-state index in [1.165, 1.54) is 16.8 Å². The number of rotatable bonds is 4. The molecule has 0 bridgehead atoms. The molecule has 2 amide bonds. The van der Waals surface area contributed by atoms with Crippen LogP contribution in [0.25, 0.3) is 0 Å². The number of hydrogen-bond donors (Lipinski definition) is 1. The van der Waals surface area contributed by atoms with Gasteiger partial charge >= 0.3 is 6.03 Å². The van der Waals surface area contributed by atoms with Gasteiger partial charge in [0.1, 0.15) is 0 Å². The van der Waals surface area contributed by atoms with E-state index < -0.39 is 0 Å². The Morgan fingerprint density at radius 1 is 1.00 bits per heavy atom. The highest BCUT2D eigenvalue weighted by Crippen LogP contribution is 2.28. The summed E-state index contributed by atoms with van der Waals surface area (Å²) in [6.45, 7) is 9.80. The van der Waals surface area contributed by atoms with Crippen LogP contribution in [-0.4, -0.2) is 37.1 Å². The SMILES string of the molecule is CCc1ccc(NC(=O)N2CCN(c3ccccc3C(C)C)CC2)cc1. The number of aryl methyl sites for hydroxylation is 1. The van der Waals surface area contributed by atoms with Crippen molar-refractivity contribution >= 4 is 17.4 Å². The lowest BCUT2D eigenvalue weighted by Gasteiger charge is -2.37. The Morgan fingerprint density at radius 3 is 2.27 bits per heavy atom. The third-order valence-corrected chi connectivity index (χ3v) is 5.08. The van der Waals surface area contributed by atoms with Crippen LogP contribution in [0, 0.1) is 0 Å². The van der Waals surface area contributed by atoms with E-state index in [4.69, 9.17) is 0 Å². The molecule has 0 aromatic heterocycles. The van der Waals surface area contributed by atoms with Crippen LogP contribution in [0.2, 0.25) is 0 Å². The number of anilines is 2. The maximum Gasteiger partial charge on any atom is 0.321 e. The zero-order valence-electron chi connectivity index (χ0n) is 16.0. The summed E-state index contributed by atoms with van der Waals surface area (Å²) in [7, 11) is 0. The molecule has 1 fully saturated rings. The number of carbonyl (C=O) groups excluding carboxylic acids is 1. The number of amides is 2. The summed E-state index contributed by atoms with van der Waals surface area (Å²) >= 11 is 0. The number of hydrogen-bond acceptors (Lipinski definition) is 2. The highest BCUT2D eigenvalue weighted by atomic mass is 16.2. The van der Waals surface area contributed by atoms with Crippen LogP contribution in [0.3, 0.4) is 0 Å². The minimum atomic E-state index is -0.00829. The van der Waals surface area contributed by atoms with E-state index in [-0.39, 0.29) is 6.03 Å². The van der Waals surface area contributed by atoms with Crippen LogP contribution in [0.15, 0.2) is 48.5 Å². The van der Waals surface area contributed by atoms with Crippen LogP contribution in [0.5, 0.6) is 0 Å². The Morgan fingerprint density at radius 2 is 1.65 bits per heavy atom. The predicted octanol–water partition coefficient (Wildman–Crippen LogP) is 4.73. The number of nitrogens with one attached hydrogen (secondary N) is 1. The summed E-state index contributed by atoms with van der Waals surface area (Å²) in [6, 6.07) is 16.7. The van der Waals surface area contributed by atoms with Crippen LogP contribution in [0.4, 0.5) is 16.2 Å². The highest BCUT2D eigenvalue weighted by Gasteiger charge is 2.23. The molecule has 0 saturated carbocycles. The van der Waals surface area contributed by atoms with E-state index in [2.05, 4.69) is 67.4 Å². The zero-order valence-corrected chi connectivity index (χ0v) is 16.0. The molecule has 0 aliphatic carbocycles. The van der Waals surface area contributed by atoms with E-state index >= 15 is 0 Å². The summed E-state index contributed by atoms with van der Waals surface area (Å²) in [6.07, 6.45) is 1.01. The molecule has 4 heteroatoms. The fourth-order valence-corrected chi connectivity index (χ4v) is 3.44. The van der Waals surface area contributed by atoms with Crippen molar-refractivity contribution in [2.45, 2.75) is 33.1 Å². The molecule has 0 radical (unpaired) electrons. The molecule has 1 N–H and O–H groups in total. The number of para-hydroxylation sites is 1. The summed E-state index contributed by atoms with van der Waals surface area (Å²) in [5.41, 5.74) is 4.82. The first-order chi connectivity index (χ1) is 12.6. The molecule has 1 saturated heterocycles. The fourth-order valence-electron chi connectivity index (χ4n) is 3.44. The number of benzene rings is 2. The average molecular weight is 351 g/mol. The van der Waals surface area contributed by atoms with Crippen molar-refractivity contribution in [3.05, 3.63) is 59.7 Å². The van der Waals surface area contributed by atoms with Gasteiger partial charge in [0.25, 0.3) is 0 Å². The lowest BCUT2D eigenvalue weighted by atomic mass is 10.00. The zero-order chi connectivity index (χ0) is 18.5. The fraction of sp³-hybridized carbons (Fsp3) is 0.409. The lowest BCUT2D eigenvalue weighted by Crippen LogP contribution is -2.50. The molecular weight excluding hydrogens is 322 g/mol. The van der Waals surface area contributed by atoms with Gasteiger partial charge < -0.3 is 15.1 Å². The Labute approximate surface area is 156 Å². The summed E-state index contributed by atoms with van der Waals surface area (Å²) < 4.78 is 0. The van der Waals surface area contributed by atoms with Crippen LogP contribution in [-0.2, 0) is 6.42 Å². The first kappa shape index (κ1) is 18.3. The third-order valence-electron chi connectivity index (χ3n) is 5.08. The van der Waals surface area contributed by atoms with Crippen LogP contribution < -0.4 is 10.2 Å². The van der Waals surface area contributed by atoms with Gasteiger partial charge in [0.2, 0.25) is 0 Å². The molecule has 0 unspecified atom stereocenters. The van der Waals surface area contributed by atoms with E-state index in [1.807, 2.05) is 17.0 Å². The molecule has 2 aromatic rings. The minimum absolute atomic E-state index is 0.00829. The summed E-state index contributed by atoms with van der Waals surface area (Å²) in [5, 5.41) is 3.02.